The van der Waals surface area contributed by atoms with Gasteiger partial charge in [0.15, 0.2) is 0 Å². The lowest BCUT2D eigenvalue weighted by Crippen LogP contribution is -2.48. The molecule has 0 radical (unpaired) electrons. The second kappa shape index (κ2) is 6.51. The first-order valence-electron chi connectivity index (χ1n) is 7.10. The van der Waals surface area contributed by atoms with Crippen molar-refractivity contribution in [1.29, 1.82) is 0 Å². The van der Waals surface area contributed by atoms with Crippen LogP contribution < -0.4 is 5.32 Å². The minimum Gasteiger partial charge on any atom is -0.334 e. The Balaban J connectivity index is 2.17. The van der Waals surface area contributed by atoms with Gasteiger partial charge in [0.1, 0.15) is 12.2 Å². The Morgan fingerprint density at radius 2 is 2.19 bits per heavy atom. The van der Waals surface area contributed by atoms with Crippen LogP contribution in [0.2, 0.25) is 0 Å². The fraction of sp³-hybridized carbons (Fsp3) is 0.643. The van der Waals surface area contributed by atoms with E-state index in [1.54, 1.807) is 4.90 Å². The summed E-state index contributed by atoms with van der Waals surface area (Å²) in [4.78, 5) is 14.3. The zero-order valence-electron chi connectivity index (χ0n) is 12.0. The molecule has 1 aliphatic heterocycles. The van der Waals surface area contributed by atoms with Crippen molar-refractivity contribution in [2.45, 2.75) is 38.0 Å². The van der Waals surface area contributed by atoms with E-state index in [1.807, 2.05) is 7.05 Å². The van der Waals surface area contributed by atoms with Crippen molar-refractivity contribution >= 4 is 5.91 Å². The van der Waals surface area contributed by atoms with Gasteiger partial charge in [0.2, 0.25) is 0 Å². The van der Waals surface area contributed by atoms with Crippen LogP contribution in [-0.4, -0.2) is 47.7 Å². The summed E-state index contributed by atoms with van der Waals surface area (Å²) in [7, 11) is 1.81. The molecule has 2 rings (SSSR count). The number of hydrogen-bond donors (Lipinski definition) is 1. The molecule has 7 heteroatoms. The summed E-state index contributed by atoms with van der Waals surface area (Å²) >= 11 is 0. The molecule has 1 atom stereocenters. The summed E-state index contributed by atoms with van der Waals surface area (Å²) in [6.07, 6.45) is -0.212. The van der Waals surface area contributed by atoms with E-state index in [2.05, 4.69) is 5.32 Å². The normalized spacial score (nSPS) is 19.8. The van der Waals surface area contributed by atoms with Crippen molar-refractivity contribution in [2.24, 2.45) is 0 Å². The number of nitrogens with zero attached hydrogens (tertiary/aromatic N) is 2. The Kier molecular flexibility index (Phi) is 4.92. The third kappa shape index (κ3) is 4.00. The van der Waals surface area contributed by atoms with Gasteiger partial charge in [-0.15, -0.1) is 0 Å². The number of carbonyl (C=O) groups excluding carboxylic acids is 1. The summed E-state index contributed by atoms with van der Waals surface area (Å²) in [5.41, 5.74) is 0.107. The highest BCUT2D eigenvalue weighted by Crippen LogP contribution is 2.22. The molecule has 1 aromatic rings. The van der Waals surface area contributed by atoms with Crippen LogP contribution in [0.4, 0.5) is 13.2 Å². The van der Waals surface area contributed by atoms with E-state index < -0.39 is 12.7 Å². The van der Waals surface area contributed by atoms with Gasteiger partial charge in [-0.25, -0.2) is 0 Å². The molecule has 0 bridgehead atoms. The maximum atomic E-state index is 12.6. The number of aromatic nitrogens is 1. The van der Waals surface area contributed by atoms with E-state index in [0.717, 1.165) is 23.8 Å². The Labute approximate surface area is 121 Å². The van der Waals surface area contributed by atoms with Crippen molar-refractivity contribution in [3.63, 3.8) is 0 Å². The molecule has 0 spiro atoms. The highest BCUT2D eigenvalue weighted by atomic mass is 19.4. The van der Waals surface area contributed by atoms with Crippen LogP contribution in [0, 0.1) is 0 Å². The average molecular weight is 303 g/mol. The Bertz CT molecular complexity index is 482. The first-order valence-corrected chi connectivity index (χ1v) is 7.10. The number of amides is 1. The molecule has 0 saturated carbocycles. The largest absolute Gasteiger partial charge is 0.406 e. The van der Waals surface area contributed by atoms with Gasteiger partial charge in [-0.3, -0.25) is 4.79 Å². The molecule has 1 N–H and O–H groups in total. The topological polar surface area (TPSA) is 37.3 Å². The lowest BCUT2D eigenvalue weighted by atomic mass is 10.0. The number of likely N-dealkylation sites (N-methyl/N-ethyl adjacent to an activating group) is 1. The van der Waals surface area contributed by atoms with Gasteiger partial charge in [-0.1, -0.05) is 0 Å². The molecule has 1 unspecified atom stereocenters. The highest BCUT2D eigenvalue weighted by molar-refractivity contribution is 5.93. The second-order valence-electron chi connectivity index (χ2n) is 5.34. The number of alkyl halides is 3. The van der Waals surface area contributed by atoms with E-state index in [0.29, 0.717) is 13.1 Å². The molecule has 4 nitrogen and oxygen atoms in total. The maximum absolute atomic E-state index is 12.6. The predicted octanol–water partition coefficient (Wildman–Crippen LogP) is 2.26. The van der Waals surface area contributed by atoms with Crippen LogP contribution in [-0.2, 0) is 6.54 Å². The molecule has 2 heterocycles. The molecular formula is C14H20F3N3O. The number of hydrogen-bond acceptors (Lipinski definition) is 2. The van der Waals surface area contributed by atoms with Crippen molar-refractivity contribution in [1.82, 2.24) is 14.8 Å². The Morgan fingerprint density at radius 1 is 1.43 bits per heavy atom. The van der Waals surface area contributed by atoms with E-state index in [4.69, 9.17) is 0 Å². The quantitative estimate of drug-likeness (QED) is 0.926. The van der Waals surface area contributed by atoms with Crippen molar-refractivity contribution in [2.75, 3.05) is 20.1 Å². The molecular weight excluding hydrogens is 283 g/mol. The van der Waals surface area contributed by atoms with E-state index in [-0.39, 0.29) is 17.6 Å². The standard InChI is InChI=1S/C14H20F3N3O/c1-18-9-11-5-2-3-8-20(11)13(21)12-6-4-7-19(12)10-14(15,16)17/h4,6-7,11,18H,2-3,5,8-10H2,1H3. The van der Waals surface area contributed by atoms with E-state index in [1.165, 1.54) is 18.3 Å². The summed E-state index contributed by atoms with van der Waals surface area (Å²) in [6.45, 7) is 0.125. The van der Waals surface area contributed by atoms with Crippen molar-refractivity contribution in [3.8, 4) is 0 Å². The summed E-state index contributed by atoms with van der Waals surface area (Å²) in [6, 6.07) is 2.99. The fourth-order valence-electron chi connectivity index (χ4n) is 2.80. The Morgan fingerprint density at radius 3 is 2.86 bits per heavy atom. The fourth-order valence-corrected chi connectivity index (χ4v) is 2.80. The lowest BCUT2D eigenvalue weighted by molar-refractivity contribution is -0.140. The van der Waals surface area contributed by atoms with Crippen LogP contribution in [0.5, 0.6) is 0 Å². The molecule has 1 fully saturated rings. The van der Waals surface area contributed by atoms with E-state index in [9.17, 15) is 18.0 Å². The van der Waals surface area contributed by atoms with Crippen LogP contribution >= 0.6 is 0 Å². The van der Waals surface area contributed by atoms with Crippen LogP contribution in [0.1, 0.15) is 29.8 Å². The average Bonchev–Trinajstić information content (AvgIpc) is 2.85. The minimum absolute atomic E-state index is 0.0467. The van der Waals surface area contributed by atoms with Gasteiger partial charge in [0.05, 0.1) is 0 Å². The lowest BCUT2D eigenvalue weighted by Gasteiger charge is -2.36. The number of nitrogens with one attached hydrogen (secondary N) is 1. The smallest absolute Gasteiger partial charge is 0.334 e. The number of rotatable bonds is 4. The van der Waals surface area contributed by atoms with Crippen LogP contribution in [0.3, 0.4) is 0 Å². The molecule has 1 aromatic heterocycles. The number of piperidine rings is 1. The molecule has 1 saturated heterocycles. The molecule has 0 aliphatic carbocycles. The van der Waals surface area contributed by atoms with Crippen molar-refractivity contribution in [3.05, 3.63) is 24.0 Å². The third-order valence-electron chi connectivity index (χ3n) is 3.73. The maximum Gasteiger partial charge on any atom is 0.406 e. The van der Waals surface area contributed by atoms with Crippen molar-refractivity contribution < 1.29 is 18.0 Å². The van der Waals surface area contributed by atoms with E-state index >= 15 is 0 Å². The van der Waals surface area contributed by atoms with Gasteiger partial charge in [0, 0.05) is 25.3 Å². The predicted molar refractivity (Wildman–Crippen MR) is 73.1 cm³/mol. The third-order valence-corrected chi connectivity index (χ3v) is 3.73. The molecule has 1 aliphatic rings. The number of likely N-dealkylation sites (tertiary alicyclic amines) is 1. The van der Waals surface area contributed by atoms with Gasteiger partial charge in [0.25, 0.3) is 5.91 Å². The minimum atomic E-state index is -4.33. The number of carbonyl (C=O) groups is 1. The van der Waals surface area contributed by atoms with Gasteiger partial charge in [-0.05, 0) is 38.4 Å². The van der Waals surface area contributed by atoms with Gasteiger partial charge < -0.3 is 14.8 Å². The van der Waals surface area contributed by atoms with Crippen LogP contribution in [0.25, 0.3) is 0 Å². The Hall–Kier alpha value is -1.50. The zero-order valence-corrected chi connectivity index (χ0v) is 12.0. The summed E-state index contributed by atoms with van der Waals surface area (Å²) in [5.74, 6) is -0.316. The first-order chi connectivity index (χ1) is 9.92. The monoisotopic (exact) mass is 303 g/mol. The van der Waals surface area contributed by atoms with Crippen LogP contribution in [0.15, 0.2) is 18.3 Å². The SMILES string of the molecule is CNCC1CCCCN1C(=O)c1cccn1CC(F)(F)F. The molecule has 21 heavy (non-hydrogen) atoms. The molecule has 118 valence electrons. The number of halogens is 3. The molecule has 0 aromatic carbocycles. The second-order valence-corrected chi connectivity index (χ2v) is 5.34. The van der Waals surface area contributed by atoms with Gasteiger partial charge >= 0.3 is 6.18 Å². The zero-order chi connectivity index (χ0) is 15.5. The first kappa shape index (κ1) is 15.9. The van der Waals surface area contributed by atoms with Gasteiger partial charge in [-0.2, -0.15) is 13.2 Å². The highest BCUT2D eigenvalue weighted by Gasteiger charge is 2.32. The molecule has 1 amide bonds. The summed E-state index contributed by atoms with van der Waals surface area (Å²) in [5, 5.41) is 3.04. The summed E-state index contributed by atoms with van der Waals surface area (Å²) < 4.78 is 38.6.